The molecule has 0 aromatic heterocycles. The maximum Gasteiger partial charge on any atom is 0.326 e. The van der Waals surface area contributed by atoms with E-state index in [9.17, 15) is 4.79 Å². The van der Waals surface area contributed by atoms with E-state index in [1.54, 1.807) is 24.3 Å². The quantitative estimate of drug-likeness (QED) is 0.426. The second kappa shape index (κ2) is 5.80. The van der Waals surface area contributed by atoms with Crippen LogP contribution in [0.15, 0.2) is 24.3 Å². The summed E-state index contributed by atoms with van der Waals surface area (Å²) in [7, 11) is 2.95. The van der Waals surface area contributed by atoms with E-state index >= 15 is 0 Å². The van der Waals surface area contributed by atoms with Crippen LogP contribution in [-0.4, -0.2) is 31.0 Å². The van der Waals surface area contributed by atoms with Gasteiger partial charge in [-0.25, -0.2) is 0 Å². The number of Topliss-reactive ketones (excluding diaryl/α,β-unsaturated/α-hetero) is 1. The van der Waals surface area contributed by atoms with Gasteiger partial charge in [0, 0.05) is 7.11 Å². The van der Waals surface area contributed by atoms with Crippen LogP contribution in [0.25, 0.3) is 5.53 Å². The van der Waals surface area contributed by atoms with Gasteiger partial charge in [0.05, 0.1) is 7.11 Å². The Morgan fingerprint density at radius 3 is 2.81 bits per heavy atom. The Morgan fingerprint density at radius 1 is 1.50 bits per heavy atom. The third-order valence-electron chi connectivity index (χ3n) is 2.08. The zero-order valence-corrected chi connectivity index (χ0v) is 9.08. The highest BCUT2D eigenvalue weighted by atomic mass is 16.5. The zero-order chi connectivity index (χ0) is 12.0. The van der Waals surface area contributed by atoms with Crippen LogP contribution in [0.2, 0.25) is 0 Å². The molecule has 1 rings (SSSR count). The molecule has 0 aliphatic heterocycles. The van der Waals surface area contributed by atoms with Gasteiger partial charge < -0.3 is 15.0 Å². The molecule has 0 amide bonds. The molecule has 5 heteroatoms. The summed E-state index contributed by atoms with van der Waals surface area (Å²) in [4.78, 5) is 14.2. The van der Waals surface area contributed by atoms with Gasteiger partial charge in [0.15, 0.2) is 6.10 Å². The molecule has 0 spiro atoms. The summed E-state index contributed by atoms with van der Waals surface area (Å²) >= 11 is 0. The van der Waals surface area contributed by atoms with Crippen LogP contribution in [0.1, 0.15) is 11.7 Å². The molecule has 0 saturated carbocycles. The Bertz CT molecular complexity index is 425. The van der Waals surface area contributed by atoms with Gasteiger partial charge in [-0.15, -0.1) is 0 Å². The van der Waals surface area contributed by atoms with Crippen molar-refractivity contribution in [3.05, 3.63) is 35.4 Å². The lowest BCUT2D eigenvalue weighted by Crippen LogP contribution is -2.16. The largest absolute Gasteiger partial charge is 0.497 e. The second-order valence-electron chi connectivity index (χ2n) is 3.04. The molecule has 0 radical (unpaired) electrons. The van der Waals surface area contributed by atoms with E-state index in [4.69, 9.17) is 15.0 Å². The molecule has 84 valence electrons. The van der Waals surface area contributed by atoms with E-state index in [0.717, 1.165) is 6.21 Å². The number of carbonyl (C=O) groups excluding carboxylic acids is 1. The topological polar surface area (TPSA) is 71.9 Å². The van der Waals surface area contributed by atoms with Gasteiger partial charge in [0.2, 0.25) is 0 Å². The molecule has 0 N–H and O–H groups in total. The summed E-state index contributed by atoms with van der Waals surface area (Å²) < 4.78 is 10.1. The molecular weight excluding hydrogens is 208 g/mol. The number of methoxy groups -OCH3 is 2. The predicted octanol–water partition coefficient (Wildman–Crippen LogP) is 1.25. The van der Waals surface area contributed by atoms with Gasteiger partial charge in [-0.2, -0.15) is 4.79 Å². The van der Waals surface area contributed by atoms with Crippen molar-refractivity contribution in [3.8, 4) is 5.75 Å². The van der Waals surface area contributed by atoms with E-state index in [2.05, 4.69) is 4.79 Å². The van der Waals surface area contributed by atoms with Gasteiger partial charge in [0.25, 0.3) is 5.78 Å². The molecule has 1 aromatic carbocycles. The molecule has 0 unspecified atom stereocenters. The van der Waals surface area contributed by atoms with Gasteiger partial charge in [-0.1, -0.05) is 12.1 Å². The standard InChI is InChI=1S/C11H12N2O3/c1-15-9-5-3-4-8(6-9)11(16-2)10(14)7-13-12/h3-7,11H,1-2H3/t11-/m1/s1. The fourth-order valence-corrected chi connectivity index (χ4v) is 1.35. The number of rotatable bonds is 5. The molecule has 1 aromatic rings. The first-order valence-corrected chi connectivity index (χ1v) is 4.61. The van der Waals surface area contributed by atoms with Crippen molar-refractivity contribution < 1.29 is 19.1 Å². The summed E-state index contributed by atoms with van der Waals surface area (Å²) in [5, 5.41) is 0. The monoisotopic (exact) mass is 220 g/mol. The molecular formula is C11H12N2O3. The smallest absolute Gasteiger partial charge is 0.326 e. The van der Waals surface area contributed by atoms with E-state index in [-0.39, 0.29) is 0 Å². The Morgan fingerprint density at radius 2 is 2.25 bits per heavy atom. The van der Waals surface area contributed by atoms with Crippen LogP contribution in [0.3, 0.4) is 0 Å². The fourth-order valence-electron chi connectivity index (χ4n) is 1.35. The fraction of sp³-hybridized carbons (Fsp3) is 0.273. The van der Waals surface area contributed by atoms with Gasteiger partial charge >= 0.3 is 6.21 Å². The van der Waals surface area contributed by atoms with Crippen LogP contribution in [-0.2, 0) is 9.53 Å². The third kappa shape index (κ3) is 2.76. The van der Waals surface area contributed by atoms with Crippen molar-refractivity contribution in [3.63, 3.8) is 0 Å². The molecule has 0 saturated heterocycles. The summed E-state index contributed by atoms with van der Waals surface area (Å²) in [6.07, 6.45) is 0.0270. The van der Waals surface area contributed by atoms with Crippen molar-refractivity contribution in [2.24, 2.45) is 0 Å². The van der Waals surface area contributed by atoms with E-state index in [0.29, 0.717) is 11.3 Å². The lowest BCUT2D eigenvalue weighted by atomic mass is 10.1. The Labute approximate surface area is 93.2 Å². The van der Waals surface area contributed by atoms with Crippen LogP contribution in [0.4, 0.5) is 0 Å². The van der Waals surface area contributed by atoms with Gasteiger partial charge in [0.1, 0.15) is 5.75 Å². The molecule has 5 nitrogen and oxygen atoms in total. The lowest BCUT2D eigenvalue weighted by Gasteiger charge is -2.11. The number of ether oxygens (including phenoxy) is 2. The number of ketones is 1. The maximum atomic E-state index is 11.5. The minimum absolute atomic E-state index is 0.432. The van der Waals surface area contributed by atoms with Gasteiger partial charge in [-0.3, -0.25) is 4.79 Å². The second-order valence-corrected chi connectivity index (χ2v) is 3.04. The molecule has 1 atom stereocenters. The van der Waals surface area contributed by atoms with Crippen molar-refractivity contribution in [1.29, 1.82) is 0 Å². The highest BCUT2D eigenvalue weighted by Crippen LogP contribution is 2.21. The lowest BCUT2D eigenvalue weighted by molar-refractivity contribution is -0.125. The highest BCUT2D eigenvalue weighted by molar-refractivity contribution is 6.27. The zero-order valence-electron chi connectivity index (χ0n) is 9.08. The summed E-state index contributed by atoms with van der Waals surface area (Å²) in [6, 6.07) is 6.95. The van der Waals surface area contributed by atoms with Crippen LogP contribution < -0.4 is 4.74 Å². The average Bonchev–Trinajstić information content (AvgIpc) is 2.31. The van der Waals surface area contributed by atoms with E-state index < -0.39 is 11.9 Å². The Kier molecular flexibility index (Phi) is 4.39. The highest BCUT2D eigenvalue weighted by Gasteiger charge is 2.21. The normalized spacial score (nSPS) is 11.4. The van der Waals surface area contributed by atoms with Crippen molar-refractivity contribution in [2.45, 2.75) is 6.10 Å². The van der Waals surface area contributed by atoms with E-state index in [1.165, 1.54) is 14.2 Å². The first-order valence-electron chi connectivity index (χ1n) is 4.61. The summed E-state index contributed by atoms with van der Waals surface area (Å²) in [5.74, 6) is 0.201. The Hall–Kier alpha value is -1.97. The number of carbonyl (C=O) groups is 1. The third-order valence-corrected chi connectivity index (χ3v) is 2.08. The number of hydrogen-bond acceptors (Lipinski definition) is 3. The molecule has 0 aliphatic rings. The summed E-state index contributed by atoms with van der Waals surface area (Å²) in [5.41, 5.74) is 8.94. The van der Waals surface area contributed by atoms with Crippen molar-refractivity contribution in [1.82, 2.24) is 0 Å². The maximum absolute atomic E-state index is 11.5. The predicted molar refractivity (Wildman–Crippen MR) is 57.4 cm³/mol. The van der Waals surface area contributed by atoms with Gasteiger partial charge in [-0.05, 0) is 17.7 Å². The first-order chi connectivity index (χ1) is 7.72. The number of nitrogens with zero attached hydrogens (tertiary/aromatic N) is 2. The molecule has 0 fully saturated rings. The number of hydrogen-bond donors (Lipinski definition) is 0. The van der Waals surface area contributed by atoms with Crippen LogP contribution in [0.5, 0.6) is 5.75 Å². The van der Waals surface area contributed by atoms with Crippen LogP contribution in [0, 0.1) is 0 Å². The molecule has 0 bridgehead atoms. The SMILES string of the molecule is COc1cccc([C@@H](OC)C(=O)C=[N+]=[N-])c1. The van der Waals surface area contributed by atoms with Crippen molar-refractivity contribution >= 4 is 12.0 Å². The summed E-state index contributed by atoms with van der Waals surface area (Å²) in [6.45, 7) is 0. The first kappa shape index (κ1) is 12.1. The molecule has 16 heavy (non-hydrogen) atoms. The van der Waals surface area contributed by atoms with Crippen molar-refractivity contribution in [2.75, 3.05) is 14.2 Å². The molecule has 0 heterocycles. The minimum Gasteiger partial charge on any atom is -0.497 e. The Balaban J connectivity index is 3.03. The number of benzene rings is 1. The van der Waals surface area contributed by atoms with Crippen LogP contribution >= 0.6 is 0 Å². The average molecular weight is 220 g/mol. The van der Waals surface area contributed by atoms with E-state index in [1.807, 2.05) is 0 Å². The minimum atomic E-state index is -0.786. The molecule has 0 aliphatic carbocycles.